The lowest BCUT2D eigenvalue weighted by Gasteiger charge is -2.17. The third kappa shape index (κ3) is 5.06. The van der Waals surface area contributed by atoms with Gasteiger partial charge in [0.25, 0.3) is 5.69 Å². The molecule has 2 aromatic rings. The molecule has 144 valence electrons. The Kier molecular flexibility index (Phi) is 6.58. The molecule has 0 spiro atoms. The lowest BCUT2D eigenvalue weighted by Crippen LogP contribution is -2.35. The number of sulfonamides is 1. The number of likely N-dealkylation sites (N-methyl/N-ethyl adjacent to an activating group) is 1. The van der Waals surface area contributed by atoms with E-state index in [1.807, 2.05) is 6.26 Å². The van der Waals surface area contributed by atoms with Crippen molar-refractivity contribution in [1.82, 2.24) is 4.31 Å². The normalized spacial score (nSPS) is 11.4. The molecule has 0 fully saturated rings. The number of aryl methyl sites for hydroxylation is 1. The fourth-order valence-corrected chi connectivity index (χ4v) is 3.80. The Morgan fingerprint density at radius 3 is 2.41 bits per heavy atom. The number of carbonyl (C=O) groups excluding carboxylic acids is 1. The van der Waals surface area contributed by atoms with Gasteiger partial charge in [0.1, 0.15) is 0 Å². The smallest absolute Gasteiger partial charge is 0.271 e. The SMILES string of the molecule is CSc1ccc(S(=O)(=O)N(C)CC(=O)Nc2cc([N+](=O)[O-])ccc2C)cc1. The van der Waals surface area contributed by atoms with E-state index in [0.29, 0.717) is 5.56 Å². The van der Waals surface area contributed by atoms with Crippen LogP contribution in [-0.2, 0) is 14.8 Å². The molecular weight excluding hydrogens is 390 g/mol. The summed E-state index contributed by atoms with van der Waals surface area (Å²) in [5, 5.41) is 13.4. The first kappa shape index (κ1) is 20.9. The lowest BCUT2D eigenvalue weighted by molar-refractivity contribution is -0.384. The minimum atomic E-state index is -3.83. The first-order valence-electron chi connectivity index (χ1n) is 7.80. The Hall–Kier alpha value is -2.43. The van der Waals surface area contributed by atoms with Gasteiger partial charge in [-0.2, -0.15) is 4.31 Å². The molecule has 0 aromatic heterocycles. The zero-order valence-corrected chi connectivity index (χ0v) is 16.6. The summed E-state index contributed by atoms with van der Waals surface area (Å²) in [6.07, 6.45) is 1.88. The van der Waals surface area contributed by atoms with Gasteiger partial charge in [-0.25, -0.2) is 8.42 Å². The second kappa shape index (κ2) is 8.51. The van der Waals surface area contributed by atoms with Gasteiger partial charge in [-0.15, -0.1) is 11.8 Å². The van der Waals surface area contributed by atoms with Gasteiger partial charge in [-0.3, -0.25) is 14.9 Å². The second-order valence-corrected chi connectivity index (χ2v) is 8.67. The Morgan fingerprint density at radius 1 is 1.22 bits per heavy atom. The molecule has 0 heterocycles. The summed E-state index contributed by atoms with van der Waals surface area (Å²) in [5.41, 5.74) is 0.738. The standard InChI is InChI=1S/C17H19N3O5S2/c1-12-4-5-13(20(22)23)10-16(12)18-17(21)11-19(2)27(24,25)15-8-6-14(26-3)7-9-15/h4-10H,11H2,1-3H3,(H,18,21). The number of non-ortho nitro benzene ring substituents is 1. The number of anilines is 1. The quantitative estimate of drug-likeness (QED) is 0.428. The van der Waals surface area contributed by atoms with Crippen molar-refractivity contribution >= 4 is 39.1 Å². The summed E-state index contributed by atoms with van der Waals surface area (Å²) in [6, 6.07) is 10.4. The number of nitrogens with zero attached hydrogens (tertiary/aromatic N) is 2. The summed E-state index contributed by atoms with van der Waals surface area (Å²) >= 11 is 1.49. The van der Waals surface area contributed by atoms with Crippen LogP contribution in [0.2, 0.25) is 0 Å². The number of rotatable bonds is 7. The van der Waals surface area contributed by atoms with E-state index >= 15 is 0 Å². The van der Waals surface area contributed by atoms with Crippen LogP contribution in [0.15, 0.2) is 52.3 Å². The molecule has 0 bridgehead atoms. The molecule has 0 atom stereocenters. The molecule has 0 unspecified atom stereocenters. The molecule has 27 heavy (non-hydrogen) atoms. The Balaban J connectivity index is 2.12. The highest BCUT2D eigenvalue weighted by molar-refractivity contribution is 7.98. The number of nitro benzene ring substituents is 1. The largest absolute Gasteiger partial charge is 0.324 e. The lowest BCUT2D eigenvalue weighted by atomic mass is 10.2. The molecule has 0 saturated carbocycles. The highest BCUT2D eigenvalue weighted by Crippen LogP contribution is 2.22. The van der Waals surface area contributed by atoms with Crippen LogP contribution in [0.4, 0.5) is 11.4 Å². The topological polar surface area (TPSA) is 110 Å². The molecule has 2 aromatic carbocycles. The molecule has 0 aliphatic heterocycles. The Labute approximate surface area is 161 Å². The third-order valence-electron chi connectivity index (χ3n) is 3.84. The van der Waals surface area contributed by atoms with Gasteiger partial charge in [0, 0.05) is 24.1 Å². The van der Waals surface area contributed by atoms with Crippen molar-refractivity contribution in [2.45, 2.75) is 16.7 Å². The van der Waals surface area contributed by atoms with Gasteiger partial charge in [0.2, 0.25) is 15.9 Å². The summed E-state index contributed by atoms with van der Waals surface area (Å²) in [6.45, 7) is 1.27. The zero-order valence-electron chi connectivity index (χ0n) is 15.0. The van der Waals surface area contributed by atoms with Crippen LogP contribution in [-0.4, -0.2) is 43.4 Å². The predicted octanol–water partition coefficient (Wildman–Crippen LogP) is 2.88. The van der Waals surface area contributed by atoms with Crippen molar-refractivity contribution in [2.75, 3.05) is 25.2 Å². The summed E-state index contributed by atoms with van der Waals surface area (Å²) < 4.78 is 26.1. The highest BCUT2D eigenvalue weighted by atomic mass is 32.2. The zero-order chi connectivity index (χ0) is 20.2. The molecule has 0 saturated heterocycles. The van der Waals surface area contributed by atoms with Gasteiger partial charge in [-0.05, 0) is 43.0 Å². The number of carbonyl (C=O) groups is 1. The van der Waals surface area contributed by atoms with Gasteiger partial charge in [0.05, 0.1) is 22.1 Å². The number of thioether (sulfide) groups is 1. The Morgan fingerprint density at radius 2 is 1.85 bits per heavy atom. The van der Waals surface area contributed by atoms with Gasteiger partial charge in [0.15, 0.2) is 0 Å². The van der Waals surface area contributed by atoms with Crippen LogP contribution in [0, 0.1) is 17.0 Å². The van der Waals surface area contributed by atoms with Crippen molar-refractivity contribution in [3.8, 4) is 0 Å². The van der Waals surface area contributed by atoms with Gasteiger partial charge in [-0.1, -0.05) is 6.07 Å². The number of hydrogen-bond donors (Lipinski definition) is 1. The number of benzene rings is 2. The van der Waals surface area contributed by atoms with E-state index in [4.69, 9.17) is 0 Å². The van der Waals surface area contributed by atoms with Crippen LogP contribution in [0.25, 0.3) is 0 Å². The van der Waals surface area contributed by atoms with E-state index in [1.165, 1.54) is 49.1 Å². The highest BCUT2D eigenvalue weighted by Gasteiger charge is 2.23. The van der Waals surface area contributed by atoms with Crippen molar-refractivity contribution < 1.29 is 18.1 Å². The van der Waals surface area contributed by atoms with Gasteiger partial charge < -0.3 is 5.32 Å². The van der Waals surface area contributed by atoms with E-state index in [9.17, 15) is 23.3 Å². The van der Waals surface area contributed by atoms with Crippen LogP contribution in [0.1, 0.15) is 5.56 Å². The molecule has 0 aliphatic carbocycles. The third-order valence-corrected chi connectivity index (χ3v) is 6.40. The van der Waals surface area contributed by atoms with Crippen molar-refractivity contribution in [3.05, 3.63) is 58.1 Å². The molecule has 2 rings (SSSR count). The maximum atomic E-state index is 12.6. The molecule has 0 aliphatic rings. The number of hydrogen-bond acceptors (Lipinski definition) is 6. The molecule has 8 nitrogen and oxygen atoms in total. The minimum absolute atomic E-state index is 0.0853. The van der Waals surface area contributed by atoms with Crippen LogP contribution in [0.3, 0.4) is 0 Å². The van der Waals surface area contributed by atoms with E-state index in [2.05, 4.69) is 5.32 Å². The van der Waals surface area contributed by atoms with E-state index in [-0.39, 0.29) is 16.3 Å². The molecule has 10 heteroatoms. The monoisotopic (exact) mass is 409 g/mol. The van der Waals surface area contributed by atoms with Crippen molar-refractivity contribution in [1.29, 1.82) is 0 Å². The van der Waals surface area contributed by atoms with Crippen LogP contribution < -0.4 is 5.32 Å². The maximum absolute atomic E-state index is 12.6. The van der Waals surface area contributed by atoms with Gasteiger partial charge >= 0.3 is 0 Å². The van der Waals surface area contributed by atoms with E-state index in [0.717, 1.165) is 9.20 Å². The summed E-state index contributed by atoms with van der Waals surface area (Å²) in [7, 11) is -2.52. The second-order valence-electron chi connectivity index (χ2n) is 5.74. The number of nitro groups is 1. The van der Waals surface area contributed by atoms with Crippen molar-refractivity contribution in [2.24, 2.45) is 0 Å². The first-order chi connectivity index (χ1) is 12.6. The molecule has 1 amide bonds. The number of nitrogens with one attached hydrogen (secondary N) is 1. The van der Waals surface area contributed by atoms with E-state index in [1.54, 1.807) is 19.1 Å². The van der Waals surface area contributed by atoms with Crippen LogP contribution >= 0.6 is 11.8 Å². The average Bonchev–Trinajstić information content (AvgIpc) is 2.63. The number of amides is 1. The average molecular weight is 409 g/mol. The fourth-order valence-electron chi connectivity index (χ4n) is 2.26. The molecular formula is C17H19N3O5S2. The first-order valence-corrected chi connectivity index (χ1v) is 10.5. The van der Waals surface area contributed by atoms with Crippen LogP contribution in [0.5, 0.6) is 0 Å². The Bertz CT molecular complexity index is 959. The van der Waals surface area contributed by atoms with Crippen molar-refractivity contribution in [3.63, 3.8) is 0 Å². The summed E-state index contributed by atoms with van der Waals surface area (Å²) in [4.78, 5) is 23.6. The predicted molar refractivity (Wildman–Crippen MR) is 105 cm³/mol. The van der Waals surface area contributed by atoms with E-state index < -0.39 is 27.4 Å². The minimum Gasteiger partial charge on any atom is -0.324 e. The maximum Gasteiger partial charge on any atom is 0.271 e. The summed E-state index contributed by atoms with van der Waals surface area (Å²) in [5.74, 6) is -0.592. The molecule has 1 N–H and O–H groups in total. The fraction of sp³-hybridized carbons (Fsp3) is 0.235. The molecule has 0 radical (unpaired) electrons.